The van der Waals surface area contributed by atoms with Gasteiger partial charge in [-0.15, -0.1) is 11.8 Å². The van der Waals surface area contributed by atoms with Gasteiger partial charge in [-0.2, -0.15) is 0 Å². The summed E-state index contributed by atoms with van der Waals surface area (Å²) < 4.78 is 36.4. The molecule has 2 fully saturated rings. The van der Waals surface area contributed by atoms with E-state index >= 15 is 0 Å². The van der Waals surface area contributed by atoms with E-state index in [-0.39, 0.29) is 48.9 Å². The number of esters is 2. The number of fused-ring (bicyclic) bond motifs is 9. The van der Waals surface area contributed by atoms with Crippen molar-refractivity contribution in [3.05, 3.63) is 62.7 Å². The SMILES string of the molecule is CCCC(=O)Oc1c(C)c2c(c3c1[C@H]1SC[C@]4(NCCc5cc(O)c(OC)cc54)C(=O)OC[C@@H]3N3C1[C@@H]1c4c(cc(C)c(OC)c4O)C[C@H]([C@@H]3O)N1C)OCO2. The number of nitrogens with one attached hydrogen (secondary N) is 1. The van der Waals surface area contributed by atoms with E-state index in [4.69, 9.17) is 28.4 Å². The maximum atomic E-state index is 14.8. The summed E-state index contributed by atoms with van der Waals surface area (Å²) in [5.41, 5.74) is 4.42. The van der Waals surface area contributed by atoms with Crippen LogP contribution in [-0.2, 0) is 32.7 Å². The maximum absolute atomic E-state index is 14.8. The Kier molecular flexibility index (Phi) is 9.04. The molecule has 3 aromatic rings. The second kappa shape index (κ2) is 13.6. The fraction of sp³-hybridized carbons (Fsp3) is 0.512. The van der Waals surface area contributed by atoms with Gasteiger partial charge in [0, 0.05) is 47.0 Å². The molecular weight excluding hydrogens is 743 g/mol. The molecule has 0 radical (unpaired) electrons. The number of phenolic OH excluding ortho intramolecular Hbond substituents is 2. The van der Waals surface area contributed by atoms with Gasteiger partial charge in [0.25, 0.3) is 0 Å². The fourth-order valence-electron chi connectivity index (χ4n) is 10.2. The molecule has 7 atom stereocenters. The molecule has 0 saturated carbocycles. The van der Waals surface area contributed by atoms with E-state index in [0.29, 0.717) is 76.6 Å². The zero-order valence-corrected chi connectivity index (χ0v) is 33.1. The number of methoxy groups -OCH3 is 2. The third-order valence-corrected chi connectivity index (χ3v) is 14.2. The minimum absolute atomic E-state index is 0.0203. The zero-order valence-electron chi connectivity index (χ0n) is 32.3. The Morgan fingerprint density at radius 2 is 1.82 bits per heavy atom. The highest BCUT2D eigenvalue weighted by molar-refractivity contribution is 7.99. The minimum atomic E-state index is -1.36. The first-order valence-corrected chi connectivity index (χ1v) is 20.2. The molecule has 1 unspecified atom stereocenters. The van der Waals surface area contributed by atoms with Gasteiger partial charge in [-0.25, -0.2) is 4.79 Å². The Balaban J connectivity index is 1.32. The molecule has 15 heteroatoms. The lowest BCUT2D eigenvalue weighted by molar-refractivity contribution is -0.186. The number of aliphatic hydroxyl groups is 1. The van der Waals surface area contributed by atoms with Crippen LogP contribution in [0.15, 0.2) is 18.2 Å². The standard InChI is InChI=1S/C41H47N3O11S/c1-7-8-27(46)55-35-19(3)36-37(54-17-53-36)29-24-15-52-40(49)41(22-14-26(50-5)25(45)13-20(22)9-10-42-41)16-56-38(30(29)35)32-31-28-21(11-18(2)34(51-6)33(28)47)12-23(43(31)4)39(48)44(24)32/h11,13-14,23-24,31-32,38-39,42,45,47-48H,7-10,12,15-17H2,1-6H3/t23-,24+,31+,32?,38-,39+,41-/m1/s1. The second-order valence-corrected chi connectivity index (χ2v) is 16.7. The van der Waals surface area contributed by atoms with Crippen molar-refractivity contribution in [1.29, 1.82) is 0 Å². The number of benzene rings is 3. The maximum Gasteiger partial charge on any atom is 0.331 e. The molecule has 4 N–H and O–H groups in total. The van der Waals surface area contributed by atoms with Crippen molar-refractivity contribution in [1.82, 2.24) is 15.1 Å². The molecule has 1 spiro atoms. The number of phenols is 2. The molecule has 7 heterocycles. The smallest absolute Gasteiger partial charge is 0.331 e. The second-order valence-electron chi connectivity index (χ2n) is 15.6. The Morgan fingerprint density at radius 3 is 2.57 bits per heavy atom. The monoisotopic (exact) mass is 789 g/mol. The molecule has 7 aliphatic heterocycles. The molecular formula is C41H47N3O11S. The Morgan fingerprint density at radius 1 is 1.04 bits per heavy atom. The number of nitrogens with zero attached hydrogens (tertiary/aromatic N) is 2. The van der Waals surface area contributed by atoms with Crippen LogP contribution in [0.2, 0.25) is 0 Å². The summed E-state index contributed by atoms with van der Waals surface area (Å²) in [5.74, 6) is 1.14. The summed E-state index contributed by atoms with van der Waals surface area (Å²) in [6, 6.07) is 3.15. The number of aryl methyl sites for hydroxylation is 1. The molecule has 298 valence electrons. The van der Waals surface area contributed by atoms with Gasteiger partial charge in [-0.1, -0.05) is 13.0 Å². The fourth-order valence-corrected chi connectivity index (χ4v) is 11.9. The van der Waals surface area contributed by atoms with E-state index in [1.54, 1.807) is 12.1 Å². The molecule has 2 saturated heterocycles. The van der Waals surface area contributed by atoms with Crippen molar-refractivity contribution >= 4 is 23.7 Å². The topological polar surface area (TPSA) is 169 Å². The van der Waals surface area contributed by atoms with Crippen molar-refractivity contribution in [2.45, 2.75) is 87.6 Å². The number of ether oxygens (including phenoxy) is 6. The Bertz CT molecular complexity index is 2160. The van der Waals surface area contributed by atoms with E-state index in [0.717, 1.165) is 16.7 Å². The predicted octanol–water partition coefficient (Wildman–Crippen LogP) is 4.19. The molecule has 3 aromatic carbocycles. The minimum Gasteiger partial charge on any atom is -0.504 e. The number of thioether (sulfide) groups is 1. The number of carbonyl (C=O) groups excluding carboxylic acids is 2. The van der Waals surface area contributed by atoms with Crippen LogP contribution < -0.4 is 29.0 Å². The number of carbonyl (C=O) groups is 2. The first-order valence-electron chi connectivity index (χ1n) is 19.1. The van der Waals surface area contributed by atoms with Gasteiger partial charge in [0.05, 0.1) is 37.6 Å². The van der Waals surface area contributed by atoms with E-state index in [1.165, 1.54) is 26.0 Å². The summed E-state index contributed by atoms with van der Waals surface area (Å²) in [4.78, 5) is 32.4. The van der Waals surface area contributed by atoms with Gasteiger partial charge in [-0.3, -0.25) is 19.9 Å². The quantitative estimate of drug-likeness (QED) is 0.214. The number of aromatic hydroxyl groups is 2. The number of piperazine rings is 1. The van der Waals surface area contributed by atoms with E-state index in [9.17, 15) is 24.9 Å². The largest absolute Gasteiger partial charge is 0.504 e. The van der Waals surface area contributed by atoms with E-state index in [2.05, 4.69) is 10.2 Å². The predicted molar refractivity (Wildman–Crippen MR) is 204 cm³/mol. The lowest BCUT2D eigenvalue weighted by Crippen LogP contribution is -2.70. The van der Waals surface area contributed by atoms with Crippen molar-refractivity contribution in [3.8, 4) is 40.2 Å². The van der Waals surface area contributed by atoms with Crippen molar-refractivity contribution in [2.24, 2.45) is 0 Å². The summed E-state index contributed by atoms with van der Waals surface area (Å²) >= 11 is 1.48. The van der Waals surface area contributed by atoms with E-state index in [1.807, 2.05) is 38.8 Å². The van der Waals surface area contributed by atoms with Crippen LogP contribution in [-0.4, -0.2) is 102 Å². The third-order valence-electron chi connectivity index (χ3n) is 12.7. The van der Waals surface area contributed by atoms with Crippen LogP contribution >= 0.6 is 11.8 Å². The number of hydrogen-bond acceptors (Lipinski definition) is 15. The average molecular weight is 790 g/mol. The summed E-state index contributed by atoms with van der Waals surface area (Å²) in [5, 5.41) is 38.4. The molecule has 4 bridgehead atoms. The van der Waals surface area contributed by atoms with Crippen molar-refractivity contribution in [2.75, 3.05) is 47.0 Å². The highest BCUT2D eigenvalue weighted by atomic mass is 32.2. The van der Waals surface area contributed by atoms with Crippen LogP contribution in [0, 0.1) is 13.8 Å². The van der Waals surface area contributed by atoms with Gasteiger partial charge in [0.15, 0.2) is 40.0 Å². The highest BCUT2D eigenvalue weighted by Crippen LogP contribution is 2.64. The van der Waals surface area contributed by atoms with Crippen LogP contribution in [0.25, 0.3) is 0 Å². The number of rotatable bonds is 5. The Hall–Kier alpha value is -4.41. The number of aliphatic hydroxyl groups excluding tert-OH is 1. The molecule has 10 rings (SSSR count). The highest BCUT2D eigenvalue weighted by Gasteiger charge is 2.61. The van der Waals surface area contributed by atoms with Gasteiger partial charge in [-0.05, 0) is 74.5 Å². The average Bonchev–Trinajstić information content (AvgIpc) is 3.67. The van der Waals surface area contributed by atoms with Crippen LogP contribution in [0.3, 0.4) is 0 Å². The molecule has 0 aromatic heterocycles. The first-order chi connectivity index (χ1) is 26.9. The summed E-state index contributed by atoms with van der Waals surface area (Å²) in [6.07, 6.45) is 0.754. The van der Waals surface area contributed by atoms with Crippen molar-refractivity contribution in [3.63, 3.8) is 0 Å². The van der Waals surface area contributed by atoms with Gasteiger partial charge in [0.2, 0.25) is 6.79 Å². The third kappa shape index (κ3) is 5.16. The van der Waals surface area contributed by atoms with Gasteiger partial charge < -0.3 is 43.7 Å². The van der Waals surface area contributed by atoms with E-state index < -0.39 is 47.1 Å². The molecule has 14 nitrogen and oxygen atoms in total. The summed E-state index contributed by atoms with van der Waals surface area (Å²) in [7, 11) is 4.97. The van der Waals surface area contributed by atoms with Crippen LogP contribution in [0.4, 0.5) is 0 Å². The molecule has 56 heavy (non-hydrogen) atoms. The summed E-state index contributed by atoms with van der Waals surface area (Å²) in [6.45, 7) is 5.86. The number of likely N-dealkylation sites (N-methyl/N-ethyl adjacent to an activating group) is 1. The Labute approximate surface area is 328 Å². The number of hydrogen-bond donors (Lipinski definition) is 4. The lowest BCUT2D eigenvalue weighted by atomic mass is 9.73. The zero-order chi connectivity index (χ0) is 39.4. The molecule has 0 aliphatic carbocycles. The van der Waals surface area contributed by atoms with Crippen LogP contribution in [0.5, 0.6) is 40.2 Å². The molecule has 0 amide bonds. The molecule has 7 aliphatic rings. The van der Waals surface area contributed by atoms with Crippen molar-refractivity contribution < 1.29 is 53.3 Å². The van der Waals surface area contributed by atoms with Crippen LogP contribution in [0.1, 0.15) is 81.6 Å². The van der Waals surface area contributed by atoms with Gasteiger partial charge in [0.1, 0.15) is 18.6 Å². The van der Waals surface area contributed by atoms with Gasteiger partial charge >= 0.3 is 11.9 Å². The lowest BCUT2D eigenvalue weighted by Gasteiger charge is -2.62. The normalized spacial score (nSPS) is 28.8. The first kappa shape index (κ1) is 37.2.